The number of benzene rings is 1. The second-order valence-electron chi connectivity index (χ2n) is 3.11. The molecule has 12 heavy (non-hydrogen) atoms. The standard InChI is InChI=1S/C9H12N2O/c10-11-9-7-4-2-1-3-6(7)5-8(9)12/h1-4,8-9,11-12H,5,10H2/t8-,9-/m1/s1. The summed E-state index contributed by atoms with van der Waals surface area (Å²) in [6, 6.07) is 7.86. The lowest BCUT2D eigenvalue weighted by molar-refractivity contribution is 0.142. The lowest BCUT2D eigenvalue weighted by atomic mass is 10.1. The molecule has 64 valence electrons. The minimum atomic E-state index is -0.382. The van der Waals surface area contributed by atoms with Gasteiger partial charge in [0.25, 0.3) is 0 Å². The minimum Gasteiger partial charge on any atom is -0.391 e. The van der Waals surface area contributed by atoms with Crippen molar-refractivity contribution in [3.63, 3.8) is 0 Å². The number of hydrazine groups is 1. The fraction of sp³-hybridized carbons (Fsp3) is 0.333. The highest BCUT2D eigenvalue weighted by Gasteiger charge is 2.29. The molecule has 0 saturated carbocycles. The summed E-state index contributed by atoms with van der Waals surface area (Å²) in [6.45, 7) is 0. The van der Waals surface area contributed by atoms with E-state index in [4.69, 9.17) is 5.84 Å². The maximum Gasteiger partial charge on any atom is 0.0788 e. The highest BCUT2D eigenvalue weighted by atomic mass is 16.3. The van der Waals surface area contributed by atoms with Crippen LogP contribution in [-0.4, -0.2) is 11.2 Å². The Kier molecular flexibility index (Phi) is 1.84. The average Bonchev–Trinajstić information content (AvgIpc) is 2.40. The molecule has 1 aliphatic carbocycles. The van der Waals surface area contributed by atoms with Crippen LogP contribution in [0.3, 0.4) is 0 Å². The van der Waals surface area contributed by atoms with E-state index in [1.165, 1.54) is 5.56 Å². The van der Waals surface area contributed by atoms with Gasteiger partial charge in [0, 0.05) is 6.42 Å². The van der Waals surface area contributed by atoms with Crippen LogP contribution in [0.25, 0.3) is 0 Å². The van der Waals surface area contributed by atoms with Gasteiger partial charge in [-0.2, -0.15) is 0 Å². The first-order valence-corrected chi connectivity index (χ1v) is 4.05. The Morgan fingerprint density at radius 1 is 1.42 bits per heavy atom. The summed E-state index contributed by atoms with van der Waals surface area (Å²) in [7, 11) is 0. The van der Waals surface area contributed by atoms with E-state index in [0.29, 0.717) is 6.42 Å². The first-order valence-electron chi connectivity index (χ1n) is 4.05. The first kappa shape index (κ1) is 7.73. The number of nitrogens with one attached hydrogen (secondary N) is 1. The van der Waals surface area contributed by atoms with Crippen LogP contribution in [0.2, 0.25) is 0 Å². The molecule has 0 amide bonds. The molecular weight excluding hydrogens is 152 g/mol. The third kappa shape index (κ3) is 1.03. The predicted molar refractivity (Wildman–Crippen MR) is 46.2 cm³/mol. The molecule has 2 rings (SSSR count). The van der Waals surface area contributed by atoms with Crippen LogP contribution in [-0.2, 0) is 6.42 Å². The maximum atomic E-state index is 9.57. The SMILES string of the molecule is NN[C@@H]1c2ccccc2C[C@H]1O. The van der Waals surface area contributed by atoms with Gasteiger partial charge in [0.05, 0.1) is 12.1 Å². The van der Waals surface area contributed by atoms with Gasteiger partial charge in [-0.15, -0.1) is 0 Å². The van der Waals surface area contributed by atoms with Crippen molar-refractivity contribution in [1.29, 1.82) is 0 Å². The maximum absolute atomic E-state index is 9.57. The Hall–Kier alpha value is -0.900. The van der Waals surface area contributed by atoms with Crippen LogP contribution in [0.15, 0.2) is 24.3 Å². The predicted octanol–water partition coefficient (Wildman–Crippen LogP) is 0.108. The van der Waals surface area contributed by atoms with Crippen molar-refractivity contribution in [2.45, 2.75) is 18.6 Å². The third-order valence-corrected chi connectivity index (χ3v) is 2.38. The number of nitrogens with two attached hydrogens (primary N) is 1. The summed E-state index contributed by atoms with van der Waals surface area (Å²) in [4.78, 5) is 0. The van der Waals surface area contributed by atoms with Gasteiger partial charge in [-0.3, -0.25) is 11.3 Å². The van der Waals surface area contributed by atoms with Gasteiger partial charge in [-0.1, -0.05) is 24.3 Å². The van der Waals surface area contributed by atoms with E-state index in [9.17, 15) is 5.11 Å². The zero-order chi connectivity index (χ0) is 8.55. The second kappa shape index (κ2) is 2.86. The van der Waals surface area contributed by atoms with Crippen LogP contribution in [0.1, 0.15) is 17.2 Å². The van der Waals surface area contributed by atoms with E-state index in [1.807, 2.05) is 24.3 Å². The van der Waals surface area contributed by atoms with Crippen LogP contribution in [0.5, 0.6) is 0 Å². The molecule has 0 radical (unpaired) electrons. The Morgan fingerprint density at radius 2 is 2.17 bits per heavy atom. The number of aliphatic hydroxyl groups is 1. The molecule has 0 unspecified atom stereocenters. The lowest BCUT2D eigenvalue weighted by Gasteiger charge is -2.13. The summed E-state index contributed by atoms with van der Waals surface area (Å²) in [5, 5.41) is 9.57. The molecule has 3 nitrogen and oxygen atoms in total. The molecule has 4 N–H and O–H groups in total. The molecule has 1 aromatic carbocycles. The zero-order valence-corrected chi connectivity index (χ0v) is 6.70. The van der Waals surface area contributed by atoms with Gasteiger partial charge in [0.15, 0.2) is 0 Å². The van der Waals surface area contributed by atoms with Crippen molar-refractivity contribution >= 4 is 0 Å². The first-order chi connectivity index (χ1) is 5.83. The highest BCUT2D eigenvalue weighted by Crippen LogP contribution is 2.30. The van der Waals surface area contributed by atoms with Gasteiger partial charge in [-0.05, 0) is 11.1 Å². The fourth-order valence-electron chi connectivity index (χ4n) is 1.77. The van der Waals surface area contributed by atoms with Crippen LogP contribution >= 0.6 is 0 Å². The third-order valence-electron chi connectivity index (χ3n) is 2.38. The van der Waals surface area contributed by atoms with E-state index in [0.717, 1.165) is 5.56 Å². The summed E-state index contributed by atoms with van der Waals surface area (Å²) in [5.74, 6) is 5.33. The monoisotopic (exact) mass is 164 g/mol. The van der Waals surface area contributed by atoms with Gasteiger partial charge in [0.2, 0.25) is 0 Å². The summed E-state index contributed by atoms with van der Waals surface area (Å²) in [5.41, 5.74) is 4.93. The number of rotatable bonds is 1. The minimum absolute atomic E-state index is 0.0961. The normalized spacial score (nSPS) is 27.2. The van der Waals surface area contributed by atoms with Crippen LogP contribution < -0.4 is 11.3 Å². The van der Waals surface area contributed by atoms with Crippen molar-refractivity contribution in [1.82, 2.24) is 5.43 Å². The van der Waals surface area contributed by atoms with Crippen molar-refractivity contribution in [2.24, 2.45) is 5.84 Å². The van der Waals surface area contributed by atoms with Crippen molar-refractivity contribution in [2.75, 3.05) is 0 Å². The summed E-state index contributed by atoms with van der Waals surface area (Å²) in [6.07, 6.45) is 0.317. The largest absolute Gasteiger partial charge is 0.391 e. The van der Waals surface area contributed by atoms with E-state index in [1.54, 1.807) is 0 Å². The molecule has 0 spiro atoms. The van der Waals surface area contributed by atoms with E-state index in [-0.39, 0.29) is 12.1 Å². The number of hydrogen-bond donors (Lipinski definition) is 3. The van der Waals surface area contributed by atoms with E-state index >= 15 is 0 Å². The molecule has 0 saturated heterocycles. The molecule has 0 bridgehead atoms. The molecular formula is C9H12N2O. The molecule has 0 aliphatic heterocycles. The lowest BCUT2D eigenvalue weighted by Crippen LogP contribution is -2.33. The van der Waals surface area contributed by atoms with Crippen LogP contribution in [0, 0.1) is 0 Å². The van der Waals surface area contributed by atoms with Gasteiger partial charge >= 0.3 is 0 Å². The van der Waals surface area contributed by atoms with Crippen molar-refractivity contribution in [3.8, 4) is 0 Å². The molecule has 3 heteroatoms. The average molecular weight is 164 g/mol. The second-order valence-corrected chi connectivity index (χ2v) is 3.11. The van der Waals surface area contributed by atoms with Gasteiger partial charge in [0.1, 0.15) is 0 Å². The Balaban J connectivity index is 2.40. The molecule has 0 aromatic heterocycles. The smallest absolute Gasteiger partial charge is 0.0788 e. The van der Waals surface area contributed by atoms with Gasteiger partial charge < -0.3 is 5.11 Å². The summed E-state index contributed by atoms with van der Waals surface area (Å²) >= 11 is 0. The van der Waals surface area contributed by atoms with Crippen molar-refractivity contribution < 1.29 is 5.11 Å². The zero-order valence-electron chi connectivity index (χ0n) is 6.70. The summed E-state index contributed by atoms with van der Waals surface area (Å²) < 4.78 is 0. The Labute approximate surface area is 71.2 Å². The quantitative estimate of drug-likeness (QED) is 0.408. The highest BCUT2D eigenvalue weighted by molar-refractivity contribution is 5.36. The molecule has 2 atom stereocenters. The number of fused-ring (bicyclic) bond motifs is 1. The van der Waals surface area contributed by atoms with Gasteiger partial charge in [-0.25, -0.2) is 0 Å². The molecule has 0 heterocycles. The van der Waals surface area contributed by atoms with Crippen LogP contribution in [0.4, 0.5) is 0 Å². The number of hydrogen-bond acceptors (Lipinski definition) is 3. The number of aliphatic hydroxyl groups excluding tert-OH is 1. The van der Waals surface area contributed by atoms with Crippen molar-refractivity contribution in [3.05, 3.63) is 35.4 Å². The Morgan fingerprint density at radius 3 is 2.92 bits per heavy atom. The Bertz CT molecular complexity index is 288. The van der Waals surface area contributed by atoms with E-state index in [2.05, 4.69) is 5.43 Å². The fourth-order valence-corrected chi connectivity index (χ4v) is 1.77. The molecule has 0 fully saturated rings. The van der Waals surface area contributed by atoms with E-state index < -0.39 is 0 Å². The molecule has 1 aromatic rings. The molecule has 1 aliphatic rings. The topological polar surface area (TPSA) is 58.3 Å².